The van der Waals surface area contributed by atoms with Gasteiger partial charge in [0.15, 0.2) is 0 Å². The highest BCUT2D eigenvalue weighted by Gasteiger charge is 2.25. The van der Waals surface area contributed by atoms with Crippen molar-refractivity contribution in [1.82, 2.24) is 5.32 Å². The van der Waals surface area contributed by atoms with Gasteiger partial charge in [-0.25, -0.2) is 4.39 Å². The summed E-state index contributed by atoms with van der Waals surface area (Å²) in [4.78, 5) is 10.7. The van der Waals surface area contributed by atoms with Crippen LogP contribution < -0.4 is 5.32 Å². The molecule has 1 heterocycles. The molecule has 0 unspecified atom stereocenters. The van der Waals surface area contributed by atoms with Crippen molar-refractivity contribution in [1.29, 1.82) is 0 Å². The Hall–Kier alpha value is -1.13. The molecule has 0 spiro atoms. The molecule has 1 atom stereocenters. The van der Waals surface area contributed by atoms with Gasteiger partial charge in [-0.15, -0.1) is 12.4 Å². The number of hydrogen-bond donors (Lipinski definition) is 2. The fraction of sp³-hybridized carbons (Fsp3) is 0.300. The number of benzene rings is 1. The van der Waals surface area contributed by atoms with Gasteiger partial charge in [-0.3, -0.25) is 4.79 Å². The predicted molar refractivity (Wildman–Crippen MR) is 55.6 cm³/mol. The third-order valence-electron chi connectivity index (χ3n) is 2.46. The van der Waals surface area contributed by atoms with Crippen LogP contribution in [0.1, 0.15) is 11.1 Å². The van der Waals surface area contributed by atoms with Crippen LogP contribution >= 0.6 is 12.4 Å². The van der Waals surface area contributed by atoms with Gasteiger partial charge in [0.05, 0.1) is 0 Å². The average Bonchev–Trinajstić information content (AvgIpc) is 2.18. The van der Waals surface area contributed by atoms with Crippen molar-refractivity contribution >= 4 is 18.4 Å². The first-order chi connectivity index (χ1) is 6.68. The van der Waals surface area contributed by atoms with Gasteiger partial charge < -0.3 is 10.4 Å². The van der Waals surface area contributed by atoms with Crippen molar-refractivity contribution in [2.45, 2.75) is 19.0 Å². The first-order valence-electron chi connectivity index (χ1n) is 4.41. The molecule has 1 aliphatic heterocycles. The van der Waals surface area contributed by atoms with Gasteiger partial charge in [-0.1, -0.05) is 12.1 Å². The SMILES string of the molecule is Cl.O=C(O)[C@H]1Cc2c(F)cccc2CN1. The van der Waals surface area contributed by atoms with Gasteiger partial charge in [0.1, 0.15) is 11.9 Å². The standard InChI is InChI=1S/C10H10FNO2.ClH/c11-8-3-1-2-6-5-12-9(10(13)14)4-7(6)8;/h1-3,9,12H,4-5H2,(H,13,14);1H/t9-;/m1./s1. The molecule has 3 nitrogen and oxygen atoms in total. The van der Waals surface area contributed by atoms with E-state index in [4.69, 9.17) is 5.11 Å². The molecule has 1 aromatic rings. The molecule has 2 N–H and O–H groups in total. The highest BCUT2D eigenvalue weighted by molar-refractivity contribution is 5.85. The van der Waals surface area contributed by atoms with Crippen LogP contribution in [0.15, 0.2) is 18.2 Å². The molecule has 0 bridgehead atoms. The van der Waals surface area contributed by atoms with E-state index in [1.54, 1.807) is 6.07 Å². The Labute approximate surface area is 92.7 Å². The minimum atomic E-state index is -0.932. The lowest BCUT2D eigenvalue weighted by atomic mass is 9.95. The molecule has 1 aliphatic rings. The molecule has 15 heavy (non-hydrogen) atoms. The molecule has 82 valence electrons. The van der Waals surface area contributed by atoms with E-state index in [1.165, 1.54) is 6.07 Å². The maximum absolute atomic E-state index is 13.3. The number of aliphatic carboxylic acids is 1. The monoisotopic (exact) mass is 231 g/mol. The molecule has 0 aliphatic carbocycles. The third kappa shape index (κ3) is 2.27. The minimum Gasteiger partial charge on any atom is -0.480 e. The minimum absolute atomic E-state index is 0. The summed E-state index contributed by atoms with van der Waals surface area (Å²) >= 11 is 0. The summed E-state index contributed by atoms with van der Waals surface area (Å²) in [5.41, 5.74) is 1.38. The number of nitrogens with one attached hydrogen (secondary N) is 1. The van der Waals surface area contributed by atoms with E-state index >= 15 is 0 Å². The van der Waals surface area contributed by atoms with E-state index < -0.39 is 12.0 Å². The summed E-state index contributed by atoms with van der Waals surface area (Å²) in [5, 5.41) is 11.6. The van der Waals surface area contributed by atoms with Gasteiger partial charge in [0, 0.05) is 13.0 Å². The maximum atomic E-state index is 13.3. The van der Waals surface area contributed by atoms with Crippen molar-refractivity contribution in [2.24, 2.45) is 0 Å². The zero-order valence-corrected chi connectivity index (χ0v) is 8.68. The van der Waals surface area contributed by atoms with Crippen LogP contribution in [0.5, 0.6) is 0 Å². The van der Waals surface area contributed by atoms with Crippen molar-refractivity contribution in [2.75, 3.05) is 0 Å². The Morgan fingerprint density at radius 1 is 1.53 bits per heavy atom. The summed E-state index contributed by atoms with van der Waals surface area (Å²) in [5.74, 6) is -1.24. The van der Waals surface area contributed by atoms with Crippen LogP contribution in [0.2, 0.25) is 0 Å². The molecule has 0 saturated heterocycles. The van der Waals surface area contributed by atoms with E-state index in [2.05, 4.69) is 5.32 Å². The second-order valence-corrected chi connectivity index (χ2v) is 3.35. The lowest BCUT2D eigenvalue weighted by molar-refractivity contribution is -0.139. The number of fused-ring (bicyclic) bond motifs is 1. The lowest BCUT2D eigenvalue weighted by Gasteiger charge is -2.23. The average molecular weight is 232 g/mol. The molecule has 0 saturated carbocycles. The van der Waals surface area contributed by atoms with Crippen LogP contribution in [0.3, 0.4) is 0 Å². The van der Waals surface area contributed by atoms with Gasteiger partial charge in [-0.2, -0.15) is 0 Å². The largest absolute Gasteiger partial charge is 0.480 e. The molecular formula is C10H11ClFNO2. The molecule has 0 fully saturated rings. The van der Waals surface area contributed by atoms with Crippen LogP contribution in [-0.2, 0) is 17.8 Å². The molecule has 0 amide bonds. The van der Waals surface area contributed by atoms with Crippen molar-refractivity contribution in [3.05, 3.63) is 35.1 Å². The van der Waals surface area contributed by atoms with Crippen LogP contribution in [-0.4, -0.2) is 17.1 Å². The Morgan fingerprint density at radius 2 is 2.27 bits per heavy atom. The van der Waals surface area contributed by atoms with E-state index in [0.29, 0.717) is 12.1 Å². The van der Waals surface area contributed by atoms with Gasteiger partial charge in [0.2, 0.25) is 0 Å². The summed E-state index contributed by atoms with van der Waals surface area (Å²) in [6.45, 7) is 0.421. The zero-order valence-electron chi connectivity index (χ0n) is 7.87. The summed E-state index contributed by atoms with van der Waals surface area (Å²) < 4.78 is 13.3. The third-order valence-corrected chi connectivity index (χ3v) is 2.46. The zero-order chi connectivity index (χ0) is 10.1. The van der Waals surface area contributed by atoms with Crippen LogP contribution in [0, 0.1) is 5.82 Å². The van der Waals surface area contributed by atoms with Crippen LogP contribution in [0.25, 0.3) is 0 Å². The highest BCUT2D eigenvalue weighted by Crippen LogP contribution is 2.19. The molecule has 0 radical (unpaired) electrons. The van der Waals surface area contributed by atoms with Crippen molar-refractivity contribution in [3.63, 3.8) is 0 Å². The summed E-state index contributed by atoms with van der Waals surface area (Å²) in [7, 11) is 0. The Balaban J connectivity index is 0.00000112. The Kier molecular flexibility index (Phi) is 3.66. The Bertz CT molecular complexity index is 384. The van der Waals surface area contributed by atoms with E-state index in [9.17, 15) is 9.18 Å². The van der Waals surface area contributed by atoms with Gasteiger partial charge >= 0.3 is 5.97 Å². The number of carboxylic acids is 1. The van der Waals surface area contributed by atoms with Crippen LogP contribution in [0.4, 0.5) is 4.39 Å². The van der Waals surface area contributed by atoms with Gasteiger partial charge in [0.25, 0.3) is 0 Å². The highest BCUT2D eigenvalue weighted by atomic mass is 35.5. The van der Waals surface area contributed by atoms with E-state index in [1.807, 2.05) is 6.07 Å². The number of hydrogen-bond acceptors (Lipinski definition) is 2. The van der Waals surface area contributed by atoms with Crippen molar-refractivity contribution in [3.8, 4) is 0 Å². The first-order valence-corrected chi connectivity index (χ1v) is 4.41. The maximum Gasteiger partial charge on any atom is 0.321 e. The first kappa shape index (κ1) is 11.9. The summed E-state index contributed by atoms with van der Waals surface area (Å²) in [6.07, 6.45) is 0.220. The topological polar surface area (TPSA) is 49.3 Å². The smallest absolute Gasteiger partial charge is 0.321 e. The second kappa shape index (κ2) is 4.59. The van der Waals surface area contributed by atoms with Gasteiger partial charge in [-0.05, 0) is 17.2 Å². The predicted octanol–water partition coefficient (Wildman–Crippen LogP) is 1.35. The molecule has 1 aromatic carbocycles. The van der Waals surface area contributed by atoms with Crippen molar-refractivity contribution < 1.29 is 14.3 Å². The number of carboxylic acid groups (broad SMARTS) is 1. The lowest BCUT2D eigenvalue weighted by Crippen LogP contribution is -2.41. The molecule has 5 heteroatoms. The van der Waals surface area contributed by atoms with E-state index in [0.717, 1.165) is 5.56 Å². The fourth-order valence-electron chi connectivity index (χ4n) is 1.68. The van der Waals surface area contributed by atoms with E-state index in [-0.39, 0.29) is 24.6 Å². The second-order valence-electron chi connectivity index (χ2n) is 3.35. The normalized spacial score (nSPS) is 18.9. The number of halogens is 2. The number of rotatable bonds is 1. The number of carbonyl (C=O) groups is 1. The fourth-order valence-corrected chi connectivity index (χ4v) is 1.68. The molecule has 0 aromatic heterocycles. The Morgan fingerprint density at radius 3 is 2.93 bits per heavy atom. The summed E-state index contributed by atoms with van der Waals surface area (Å²) in [6, 6.07) is 4.14. The quantitative estimate of drug-likeness (QED) is 0.767. The molecular weight excluding hydrogens is 221 g/mol. The molecule has 2 rings (SSSR count).